The van der Waals surface area contributed by atoms with E-state index in [2.05, 4.69) is 12.2 Å². The quantitative estimate of drug-likeness (QED) is 0.460. The van der Waals surface area contributed by atoms with Crippen LogP contribution < -0.4 is 11.1 Å². The van der Waals surface area contributed by atoms with E-state index in [1.54, 1.807) is 7.11 Å². The van der Waals surface area contributed by atoms with E-state index in [0.717, 1.165) is 19.4 Å². The Labute approximate surface area is 122 Å². The molecule has 120 valence electrons. The van der Waals surface area contributed by atoms with Crippen molar-refractivity contribution in [3.05, 3.63) is 0 Å². The van der Waals surface area contributed by atoms with Crippen molar-refractivity contribution in [3.8, 4) is 0 Å². The predicted octanol–water partition coefficient (Wildman–Crippen LogP) is 0.690. The maximum absolute atomic E-state index is 11.5. The molecule has 6 heteroatoms. The first-order chi connectivity index (χ1) is 9.56. The van der Waals surface area contributed by atoms with E-state index in [4.69, 9.17) is 19.9 Å². The van der Waals surface area contributed by atoms with Gasteiger partial charge in [-0.2, -0.15) is 0 Å². The number of carbonyl (C=O) groups excluding carboxylic acids is 1. The lowest BCUT2D eigenvalue weighted by Crippen LogP contribution is -2.53. The van der Waals surface area contributed by atoms with E-state index < -0.39 is 5.54 Å². The summed E-state index contributed by atoms with van der Waals surface area (Å²) in [6.45, 7) is 7.59. The molecular formula is C14H30N2O4. The van der Waals surface area contributed by atoms with Crippen molar-refractivity contribution >= 4 is 5.91 Å². The predicted molar refractivity (Wildman–Crippen MR) is 78.6 cm³/mol. The van der Waals surface area contributed by atoms with E-state index in [9.17, 15) is 4.79 Å². The first kappa shape index (κ1) is 19.3. The molecule has 1 amide bonds. The van der Waals surface area contributed by atoms with Gasteiger partial charge in [0.15, 0.2) is 0 Å². The van der Waals surface area contributed by atoms with Gasteiger partial charge in [-0.1, -0.05) is 6.92 Å². The van der Waals surface area contributed by atoms with Crippen molar-refractivity contribution in [1.82, 2.24) is 5.32 Å². The van der Waals surface area contributed by atoms with Gasteiger partial charge in [0.05, 0.1) is 32.0 Å². The molecule has 1 atom stereocenters. The summed E-state index contributed by atoms with van der Waals surface area (Å²) >= 11 is 0. The van der Waals surface area contributed by atoms with E-state index in [-0.39, 0.29) is 5.91 Å². The normalized spacial score (nSPS) is 14.2. The lowest BCUT2D eigenvalue weighted by molar-refractivity contribution is -0.124. The van der Waals surface area contributed by atoms with Gasteiger partial charge in [0, 0.05) is 13.7 Å². The zero-order chi connectivity index (χ0) is 15.3. The molecule has 0 bridgehead atoms. The lowest BCUT2D eigenvalue weighted by Gasteiger charge is -2.27. The molecule has 1 unspecified atom stereocenters. The summed E-state index contributed by atoms with van der Waals surface area (Å²) in [5.74, 6) is -0.311. The zero-order valence-electron chi connectivity index (χ0n) is 13.1. The number of amides is 1. The van der Waals surface area contributed by atoms with Gasteiger partial charge in [-0.15, -0.1) is 0 Å². The fraction of sp³-hybridized carbons (Fsp3) is 0.929. The average molecular weight is 290 g/mol. The van der Waals surface area contributed by atoms with Crippen LogP contribution in [0.25, 0.3) is 0 Å². The highest BCUT2D eigenvalue weighted by molar-refractivity contribution is 5.84. The van der Waals surface area contributed by atoms with Gasteiger partial charge >= 0.3 is 0 Å². The van der Waals surface area contributed by atoms with Crippen LogP contribution in [0.4, 0.5) is 0 Å². The Bertz CT molecular complexity index is 251. The third-order valence-electron chi connectivity index (χ3n) is 3.08. The second-order valence-corrected chi connectivity index (χ2v) is 4.94. The van der Waals surface area contributed by atoms with E-state index in [1.165, 1.54) is 0 Å². The molecule has 0 aromatic carbocycles. The molecule has 0 spiro atoms. The molecule has 0 heterocycles. The lowest BCUT2D eigenvalue weighted by atomic mass is 9.95. The van der Waals surface area contributed by atoms with Crippen molar-refractivity contribution < 1.29 is 19.0 Å². The molecule has 6 nitrogen and oxygen atoms in total. The highest BCUT2D eigenvalue weighted by Gasteiger charge is 2.29. The Kier molecular flexibility index (Phi) is 11.7. The summed E-state index contributed by atoms with van der Waals surface area (Å²) < 4.78 is 15.6. The van der Waals surface area contributed by atoms with E-state index in [0.29, 0.717) is 39.5 Å². The number of nitrogens with two attached hydrogens (primary N) is 1. The van der Waals surface area contributed by atoms with Gasteiger partial charge in [-0.25, -0.2) is 0 Å². The molecule has 0 saturated carbocycles. The summed E-state index contributed by atoms with van der Waals surface area (Å²) in [7, 11) is 1.64. The topological polar surface area (TPSA) is 82.8 Å². The number of primary amides is 1. The first-order valence-electron chi connectivity index (χ1n) is 7.26. The van der Waals surface area contributed by atoms with Crippen LogP contribution in [0.5, 0.6) is 0 Å². The number of rotatable bonds is 14. The van der Waals surface area contributed by atoms with Crippen LogP contribution in [0, 0.1) is 0 Å². The zero-order valence-corrected chi connectivity index (χ0v) is 13.1. The van der Waals surface area contributed by atoms with E-state index >= 15 is 0 Å². The molecule has 0 fully saturated rings. The fourth-order valence-electron chi connectivity index (χ4n) is 1.69. The summed E-state index contributed by atoms with van der Waals surface area (Å²) in [6.07, 6.45) is 2.43. The summed E-state index contributed by atoms with van der Waals surface area (Å²) in [6, 6.07) is 0. The molecule has 0 radical (unpaired) electrons. The number of hydrogen-bond donors (Lipinski definition) is 2. The van der Waals surface area contributed by atoms with Gasteiger partial charge in [-0.05, 0) is 32.7 Å². The Hall–Kier alpha value is -0.690. The highest BCUT2D eigenvalue weighted by Crippen LogP contribution is 2.12. The molecule has 0 aliphatic carbocycles. The minimum atomic E-state index is -0.645. The molecule has 0 aliphatic rings. The van der Waals surface area contributed by atoms with Crippen molar-refractivity contribution in [2.75, 3.05) is 46.7 Å². The largest absolute Gasteiger partial charge is 0.382 e. The minimum Gasteiger partial charge on any atom is -0.382 e. The molecular weight excluding hydrogens is 260 g/mol. The monoisotopic (exact) mass is 290 g/mol. The molecule has 0 aliphatic heterocycles. The van der Waals surface area contributed by atoms with Crippen molar-refractivity contribution in [2.24, 2.45) is 5.73 Å². The molecule has 20 heavy (non-hydrogen) atoms. The molecule has 0 aromatic heterocycles. The summed E-state index contributed by atoms with van der Waals surface area (Å²) in [4.78, 5) is 11.5. The number of carbonyl (C=O) groups is 1. The second-order valence-electron chi connectivity index (χ2n) is 4.94. The Morgan fingerprint density at radius 3 is 2.30 bits per heavy atom. The van der Waals surface area contributed by atoms with Gasteiger partial charge in [0.1, 0.15) is 0 Å². The second kappa shape index (κ2) is 12.1. The van der Waals surface area contributed by atoms with Crippen molar-refractivity contribution in [1.29, 1.82) is 0 Å². The third-order valence-corrected chi connectivity index (χ3v) is 3.08. The number of nitrogens with one attached hydrogen (secondary N) is 1. The average Bonchev–Trinajstić information content (AvgIpc) is 2.43. The Morgan fingerprint density at radius 1 is 1.15 bits per heavy atom. The van der Waals surface area contributed by atoms with Gasteiger partial charge in [0.25, 0.3) is 0 Å². The number of hydrogen-bond acceptors (Lipinski definition) is 5. The highest BCUT2D eigenvalue weighted by atomic mass is 16.5. The number of ether oxygens (including phenoxy) is 3. The van der Waals surface area contributed by atoms with Crippen LogP contribution in [0.15, 0.2) is 0 Å². The van der Waals surface area contributed by atoms with Crippen molar-refractivity contribution in [2.45, 2.75) is 38.6 Å². The Balaban J connectivity index is 3.61. The van der Waals surface area contributed by atoms with Crippen molar-refractivity contribution in [3.63, 3.8) is 0 Å². The Morgan fingerprint density at radius 2 is 1.75 bits per heavy atom. The third kappa shape index (κ3) is 9.25. The first-order valence-corrected chi connectivity index (χ1v) is 7.26. The molecule has 0 aromatic rings. The van der Waals surface area contributed by atoms with Crippen LogP contribution in [0.3, 0.4) is 0 Å². The van der Waals surface area contributed by atoms with Gasteiger partial charge < -0.3 is 25.3 Å². The molecule has 0 rings (SSSR count). The maximum atomic E-state index is 11.5. The summed E-state index contributed by atoms with van der Waals surface area (Å²) in [5, 5.41) is 3.20. The van der Waals surface area contributed by atoms with Crippen LogP contribution in [-0.4, -0.2) is 58.1 Å². The standard InChI is InChI=1S/C14H30N2O4/c1-4-7-16-14(2,13(15)17)6-5-8-19-11-12-20-10-9-18-3/h16H,4-12H2,1-3H3,(H2,15,17). The number of methoxy groups -OCH3 is 1. The van der Waals surface area contributed by atoms with Gasteiger partial charge in [-0.3, -0.25) is 4.79 Å². The van der Waals surface area contributed by atoms with Crippen LogP contribution in [0.1, 0.15) is 33.1 Å². The van der Waals surface area contributed by atoms with Crippen LogP contribution in [0.2, 0.25) is 0 Å². The van der Waals surface area contributed by atoms with E-state index in [1.807, 2.05) is 6.92 Å². The smallest absolute Gasteiger partial charge is 0.237 e. The SMILES string of the molecule is CCCNC(C)(CCCOCCOCCOC)C(N)=O. The summed E-state index contributed by atoms with van der Waals surface area (Å²) in [5.41, 5.74) is 4.80. The maximum Gasteiger partial charge on any atom is 0.237 e. The molecule has 3 N–H and O–H groups in total. The van der Waals surface area contributed by atoms with Crippen LogP contribution in [-0.2, 0) is 19.0 Å². The van der Waals surface area contributed by atoms with Gasteiger partial charge in [0.2, 0.25) is 5.91 Å². The fourth-order valence-corrected chi connectivity index (χ4v) is 1.69. The molecule has 0 saturated heterocycles. The minimum absolute atomic E-state index is 0.311. The van der Waals surface area contributed by atoms with Crippen LogP contribution >= 0.6 is 0 Å².